The number of nitrogens with zero attached hydrogens (tertiary/aromatic N) is 2. The third-order valence-electron chi connectivity index (χ3n) is 6.00. The first-order valence-electron chi connectivity index (χ1n) is 11.2. The Kier molecular flexibility index (Phi) is 7.40. The summed E-state index contributed by atoms with van der Waals surface area (Å²) < 4.78 is 25.7. The molecular weight excluding hydrogens is 439 g/mol. The molecule has 0 aliphatic carbocycles. The zero-order valence-electron chi connectivity index (χ0n) is 18.8. The van der Waals surface area contributed by atoms with E-state index in [-0.39, 0.29) is 23.4 Å². The number of hydrogen-bond acceptors (Lipinski definition) is 6. The van der Waals surface area contributed by atoms with Crippen molar-refractivity contribution in [3.05, 3.63) is 83.7 Å². The molecule has 0 aromatic heterocycles. The number of halogens is 1. The molecule has 2 fully saturated rings. The molecule has 34 heavy (non-hydrogen) atoms. The third kappa shape index (κ3) is 4.88. The van der Waals surface area contributed by atoms with E-state index in [1.165, 1.54) is 17.0 Å². The number of ether oxygens (including phenoxy) is 2. The lowest BCUT2D eigenvalue weighted by molar-refractivity contribution is -0.140. The second-order valence-corrected chi connectivity index (χ2v) is 8.09. The van der Waals surface area contributed by atoms with E-state index in [4.69, 9.17) is 9.47 Å². The maximum atomic E-state index is 14.9. The number of morpholine rings is 1. The van der Waals surface area contributed by atoms with Gasteiger partial charge in [-0.05, 0) is 30.3 Å². The van der Waals surface area contributed by atoms with Gasteiger partial charge in [0, 0.05) is 37.3 Å². The second-order valence-electron chi connectivity index (χ2n) is 8.09. The molecule has 2 aliphatic heterocycles. The Hall–Kier alpha value is -3.49. The summed E-state index contributed by atoms with van der Waals surface area (Å²) in [6, 6.07) is 11.4. The summed E-state index contributed by atoms with van der Waals surface area (Å²) in [6.07, 6.45) is 1.61. The predicted octanol–water partition coefficient (Wildman–Crippen LogP) is 3.14. The smallest absolute Gasteiger partial charge is 0.295 e. The van der Waals surface area contributed by atoms with E-state index in [0.717, 1.165) is 0 Å². The van der Waals surface area contributed by atoms with Crippen LogP contribution >= 0.6 is 0 Å². The Morgan fingerprint density at radius 1 is 1.12 bits per heavy atom. The molecule has 2 aromatic rings. The van der Waals surface area contributed by atoms with Crippen LogP contribution in [0.3, 0.4) is 0 Å². The van der Waals surface area contributed by atoms with Crippen LogP contribution in [0.15, 0.2) is 66.8 Å². The highest BCUT2D eigenvalue weighted by atomic mass is 19.1. The molecular formula is C26H27FN2O5. The molecule has 0 radical (unpaired) electrons. The summed E-state index contributed by atoms with van der Waals surface area (Å²) in [5.74, 6) is -1.93. The molecule has 2 aliphatic rings. The van der Waals surface area contributed by atoms with Crippen LogP contribution in [-0.2, 0) is 14.3 Å². The SMILES string of the molecule is C=CCOc1ccc(/C(O)=C2\C(=O)C(=O)N(CCN3CCOCC3)[C@@H]2c2ccccc2F)cc1. The van der Waals surface area contributed by atoms with Gasteiger partial charge in [0.15, 0.2) is 0 Å². The molecule has 4 rings (SSSR count). The van der Waals surface area contributed by atoms with Crippen LogP contribution in [0.5, 0.6) is 5.75 Å². The number of carbonyl (C=O) groups is 2. The summed E-state index contributed by atoms with van der Waals surface area (Å²) >= 11 is 0. The van der Waals surface area contributed by atoms with Crippen molar-refractivity contribution in [2.75, 3.05) is 46.0 Å². The summed E-state index contributed by atoms with van der Waals surface area (Å²) in [5, 5.41) is 11.1. The lowest BCUT2D eigenvalue weighted by Crippen LogP contribution is -2.42. The number of Topliss-reactive ketones (excluding diaryl/α,β-unsaturated/α-hetero) is 1. The van der Waals surface area contributed by atoms with Gasteiger partial charge in [0.05, 0.1) is 24.8 Å². The number of rotatable bonds is 8. The molecule has 0 bridgehead atoms. The topological polar surface area (TPSA) is 79.3 Å². The summed E-state index contributed by atoms with van der Waals surface area (Å²) in [7, 11) is 0. The first-order chi connectivity index (χ1) is 16.5. The largest absolute Gasteiger partial charge is 0.507 e. The summed E-state index contributed by atoms with van der Waals surface area (Å²) in [4.78, 5) is 29.6. The fourth-order valence-electron chi connectivity index (χ4n) is 4.22. The Balaban J connectivity index is 1.70. The van der Waals surface area contributed by atoms with Crippen LogP contribution in [0.2, 0.25) is 0 Å². The molecule has 178 valence electrons. The van der Waals surface area contributed by atoms with E-state index in [1.54, 1.807) is 42.5 Å². The summed E-state index contributed by atoms with van der Waals surface area (Å²) in [6.45, 7) is 7.29. The number of hydrogen-bond donors (Lipinski definition) is 1. The highest BCUT2D eigenvalue weighted by molar-refractivity contribution is 6.46. The number of ketones is 1. The van der Waals surface area contributed by atoms with Crippen LogP contribution in [0.4, 0.5) is 4.39 Å². The zero-order chi connectivity index (χ0) is 24.1. The van der Waals surface area contributed by atoms with Crippen LogP contribution in [0.1, 0.15) is 17.2 Å². The van der Waals surface area contributed by atoms with Gasteiger partial charge < -0.3 is 19.5 Å². The minimum absolute atomic E-state index is 0.128. The van der Waals surface area contributed by atoms with Gasteiger partial charge in [-0.2, -0.15) is 0 Å². The van der Waals surface area contributed by atoms with E-state index in [9.17, 15) is 19.1 Å². The van der Waals surface area contributed by atoms with Gasteiger partial charge in [0.2, 0.25) is 0 Å². The fraction of sp³-hybridized carbons (Fsp3) is 0.308. The van der Waals surface area contributed by atoms with E-state index >= 15 is 0 Å². The molecule has 1 atom stereocenters. The first-order valence-corrected chi connectivity index (χ1v) is 11.2. The van der Waals surface area contributed by atoms with Crippen LogP contribution < -0.4 is 4.74 Å². The molecule has 8 heteroatoms. The number of carbonyl (C=O) groups excluding carboxylic acids is 2. The molecule has 0 saturated carbocycles. The lowest BCUT2D eigenvalue weighted by atomic mass is 9.95. The Labute approximate surface area is 197 Å². The number of likely N-dealkylation sites (tertiary alicyclic amines) is 1. The van der Waals surface area contributed by atoms with Crippen molar-refractivity contribution in [3.63, 3.8) is 0 Å². The van der Waals surface area contributed by atoms with E-state index in [1.807, 2.05) is 0 Å². The van der Waals surface area contributed by atoms with E-state index in [0.29, 0.717) is 50.8 Å². The first kappa shape index (κ1) is 23.7. The molecule has 2 saturated heterocycles. The van der Waals surface area contributed by atoms with Crippen LogP contribution in [-0.4, -0.2) is 72.6 Å². The second kappa shape index (κ2) is 10.6. The fourth-order valence-corrected chi connectivity index (χ4v) is 4.22. The lowest BCUT2D eigenvalue weighted by Gasteiger charge is -2.31. The Morgan fingerprint density at radius 3 is 2.50 bits per heavy atom. The molecule has 7 nitrogen and oxygen atoms in total. The van der Waals surface area contributed by atoms with Crippen molar-refractivity contribution >= 4 is 17.4 Å². The van der Waals surface area contributed by atoms with Gasteiger partial charge in [-0.3, -0.25) is 14.5 Å². The van der Waals surface area contributed by atoms with Crippen molar-refractivity contribution in [2.24, 2.45) is 0 Å². The highest BCUT2D eigenvalue weighted by Gasteiger charge is 2.46. The van der Waals surface area contributed by atoms with Gasteiger partial charge in [-0.25, -0.2) is 4.39 Å². The van der Waals surface area contributed by atoms with Crippen molar-refractivity contribution in [1.82, 2.24) is 9.80 Å². The predicted molar refractivity (Wildman–Crippen MR) is 125 cm³/mol. The van der Waals surface area contributed by atoms with Crippen molar-refractivity contribution < 1.29 is 28.6 Å². The van der Waals surface area contributed by atoms with Crippen LogP contribution in [0, 0.1) is 5.82 Å². The Morgan fingerprint density at radius 2 is 1.82 bits per heavy atom. The molecule has 0 unspecified atom stereocenters. The maximum Gasteiger partial charge on any atom is 0.295 e. The number of aliphatic hydroxyl groups is 1. The minimum Gasteiger partial charge on any atom is -0.507 e. The van der Waals surface area contributed by atoms with Crippen molar-refractivity contribution in [1.29, 1.82) is 0 Å². The van der Waals surface area contributed by atoms with E-state index < -0.39 is 23.5 Å². The quantitative estimate of drug-likeness (QED) is 0.279. The molecule has 1 amide bonds. The van der Waals surface area contributed by atoms with Gasteiger partial charge in [-0.1, -0.05) is 30.9 Å². The van der Waals surface area contributed by atoms with Gasteiger partial charge in [-0.15, -0.1) is 0 Å². The van der Waals surface area contributed by atoms with Crippen molar-refractivity contribution in [3.8, 4) is 5.75 Å². The summed E-state index contributed by atoms with van der Waals surface area (Å²) in [5.41, 5.74) is 0.367. The normalized spacial score (nSPS) is 20.5. The standard InChI is InChI=1S/C26H27FN2O5/c1-2-15-34-19-9-7-18(8-10-19)24(30)22-23(20-5-3-4-6-21(20)27)29(26(32)25(22)31)12-11-28-13-16-33-17-14-28/h2-10,23,30H,1,11-17H2/b24-22+/t23-/m1/s1. The molecule has 0 spiro atoms. The van der Waals surface area contributed by atoms with Gasteiger partial charge in [0.1, 0.15) is 23.9 Å². The Bertz CT molecular complexity index is 1090. The van der Waals surface area contributed by atoms with E-state index in [2.05, 4.69) is 11.5 Å². The third-order valence-corrected chi connectivity index (χ3v) is 6.00. The van der Waals surface area contributed by atoms with Crippen molar-refractivity contribution in [2.45, 2.75) is 6.04 Å². The zero-order valence-corrected chi connectivity index (χ0v) is 18.8. The molecule has 2 aromatic carbocycles. The minimum atomic E-state index is -1.03. The van der Waals surface area contributed by atoms with Crippen LogP contribution in [0.25, 0.3) is 5.76 Å². The number of aliphatic hydroxyl groups excluding tert-OH is 1. The molecule has 1 N–H and O–H groups in total. The average Bonchev–Trinajstić information content (AvgIpc) is 3.11. The monoisotopic (exact) mass is 466 g/mol. The number of amides is 1. The number of benzene rings is 2. The van der Waals surface area contributed by atoms with Gasteiger partial charge in [0.25, 0.3) is 11.7 Å². The average molecular weight is 467 g/mol. The van der Waals surface area contributed by atoms with Gasteiger partial charge >= 0.3 is 0 Å². The molecule has 2 heterocycles. The highest BCUT2D eigenvalue weighted by Crippen LogP contribution is 2.40. The maximum absolute atomic E-state index is 14.9.